The maximum absolute atomic E-state index is 11.9. The summed E-state index contributed by atoms with van der Waals surface area (Å²) in [4.78, 5) is 19.6. The highest BCUT2D eigenvalue weighted by Gasteiger charge is 2.33. The first-order valence-corrected chi connectivity index (χ1v) is 6.00. The summed E-state index contributed by atoms with van der Waals surface area (Å²) >= 11 is 0. The van der Waals surface area contributed by atoms with E-state index in [4.69, 9.17) is 4.74 Å². The first-order chi connectivity index (χ1) is 8.72. The molecule has 1 saturated carbocycles. The highest BCUT2D eigenvalue weighted by atomic mass is 16.5. The van der Waals surface area contributed by atoms with Crippen LogP contribution in [0.25, 0.3) is 0 Å². The van der Waals surface area contributed by atoms with Gasteiger partial charge in [-0.05, 0) is 19.3 Å². The third-order valence-corrected chi connectivity index (χ3v) is 3.21. The zero-order valence-electron chi connectivity index (χ0n) is 10.2. The lowest BCUT2D eigenvalue weighted by Gasteiger charge is -2.34. The van der Waals surface area contributed by atoms with Gasteiger partial charge in [0, 0.05) is 19.5 Å². The summed E-state index contributed by atoms with van der Waals surface area (Å²) in [6.07, 6.45) is 5.95. The van der Waals surface area contributed by atoms with Crippen LogP contribution in [-0.4, -0.2) is 46.3 Å². The number of rotatable bonds is 3. The fourth-order valence-electron chi connectivity index (χ4n) is 2.21. The maximum Gasteiger partial charge on any atom is 0.271 e. The molecule has 2 N–H and O–H groups in total. The highest BCUT2D eigenvalue weighted by Crippen LogP contribution is 2.21. The number of carbonyl (C=O) groups is 1. The molecule has 2 rings (SSSR count). The standard InChI is InChI=1S/C12H17N3O3/c1-18-10-4-2-3-8(11(10)16)15-12(17)9-7-13-5-6-14-9/h5-8,10-11,16H,2-4H2,1H3,(H,15,17)/t8-,10-,11-/m1/s1. The van der Waals surface area contributed by atoms with Crippen LogP contribution in [0.4, 0.5) is 0 Å². The molecule has 6 nitrogen and oxygen atoms in total. The minimum absolute atomic E-state index is 0.217. The number of methoxy groups -OCH3 is 1. The Morgan fingerprint density at radius 1 is 1.50 bits per heavy atom. The number of amides is 1. The molecule has 1 aliphatic carbocycles. The minimum atomic E-state index is -0.677. The molecular formula is C12H17N3O3. The van der Waals surface area contributed by atoms with E-state index in [1.165, 1.54) is 18.6 Å². The molecule has 1 heterocycles. The lowest BCUT2D eigenvalue weighted by Crippen LogP contribution is -2.51. The number of hydrogen-bond acceptors (Lipinski definition) is 5. The maximum atomic E-state index is 11.9. The largest absolute Gasteiger partial charge is 0.388 e. The molecular weight excluding hydrogens is 234 g/mol. The van der Waals surface area contributed by atoms with Gasteiger partial charge in [0.25, 0.3) is 5.91 Å². The van der Waals surface area contributed by atoms with Crippen LogP contribution in [0.3, 0.4) is 0 Å². The molecule has 0 unspecified atom stereocenters. The fraction of sp³-hybridized carbons (Fsp3) is 0.583. The van der Waals surface area contributed by atoms with Gasteiger partial charge in [-0.25, -0.2) is 4.98 Å². The predicted molar refractivity (Wildman–Crippen MR) is 63.9 cm³/mol. The Balaban J connectivity index is 1.99. The number of hydrogen-bond donors (Lipinski definition) is 2. The number of aliphatic hydroxyl groups is 1. The second-order valence-corrected chi connectivity index (χ2v) is 4.37. The summed E-state index contributed by atoms with van der Waals surface area (Å²) < 4.78 is 5.19. The average molecular weight is 251 g/mol. The Morgan fingerprint density at radius 2 is 2.33 bits per heavy atom. The lowest BCUT2D eigenvalue weighted by atomic mass is 9.90. The van der Waals surface area contributed by atoms with Crippen LogP contribution in [0, 0.1) is 0 Å². The van der Waals surface area contributed by atoms with Gasteiger partial charge in [0.05, 0.1) is 18.3 Å². The molecule has 0 radical (unpaired) electrons. The smallest absolute Gasteiger partial charge is 0.271 e. The van der Waals surface area contributed by atoms with Crippen molar-refractivity contribution in [2.75, 3.05) is 7.11 Å². The summed E-state index contributed by atoms with van der Waals surface area (Å²) in [5.41, 5.74) is 0.254. The summed E-state index contributed by atoms with van der Waals surface area (Å²) in [6.45, 7) is 0. The van der Waals surface area contributed by atoms with Gasteiger partial charge in [-0.2, -0.15) is 0 Å². The first kappa shape index (κ1) is 12.9. The van der Waals surface area contributed by atoms with Gasteiger partial charge < -0.3 is 15.2 Å². The Hall–Kier alpha value is -1.53. The van der Waals surface area contributed by atoms with Crippen molar-refractivity contribution in [1.29, 1.82) is 0 Å². The van der Waals surface area contributed by atoms with Crippen molar-refractivity contribution in [3.05, 3.63) is 24.3 Å². The second-order valence-electron chi connectivity index (χ2n) is 4.37. The summed E-state index contributed by atoms with van der Waals surface area (Å²) in [6, 6.07) is -0.293. The molecule has 98 valence electrons. The molecule has 1 aliphatic rings. The van der Waals surface area contributed by atoms with E-state index in [9.17, 15) is 9.90 Å². The Morgan fingerprint density at radius 3 is 3.00 bits per heavy atom. The molecule has 0 aromatic carbocycles. The van der Waals surface area contributed by atoms with Crippen molar-refractivity contribution in [2.45, 2.75) is 37.5 Å². The third kappa shape index (κ3) is 2.83. The fourth-order valence-corrected chi connectivity index (χ4v) is 2.21. The van der Waals surface area contributed by atoms with Crippen molar-refractivity contribution < 1.29 is 14.6 Å². The topological polar surface area (TPSA) is 84.3 Å². The monoisotopic (exact) mass is 251 g/mol. The Labute approximate surface area is 105 Å². The number of ether oxygens (including phenoxy) is 1. The van der Waals surface area contributed by atoms with E-state index in [0.29, 0.717) is 0 Å². The van der Waals surface area contributed by atoms with Crippen molar-refractivity contribution in [2.24, 2.45) is 0 Å². The number of aliphatic hydroxyl groups excluding tert-OH is 1. The van der Waals surface area contributed by atoms with E-state index in [2.05, 4.69) is 15.3 Å². The molecule has 3 atom stereocenters. The van der Waals surface area contributed by atoms with Gasteiger partial charge in [-0.3, -0.25) is 9.78 Å². The van der Waals surface area contributed by atoms with Crippen LogP contribution < -0.4 is 5.32 Å². The van der Waals surface area contributed by atoms with Crippen molar-refractivity contribution in [3.63, 3.8) is 0 Å². The van der Waals surface area contributed by atoms with E-state index in [1.807, 2.05) is 0 Å². The summed E-state index contributed by atoms with van der Waals surface area (Å²) in [7, 11) is 1.57. The average Bonchev–Trinajstić information content (AvgIpc) is 2.42. The molecule has 1 amide bonds. The van der Waals surface area contributed by atoms with Gasteiger partial charge in [0.2, 0.25) is 0 Å². The minimum Gasteiger partial charge on any atom is -0.388 e. The molecule has 1 fully saturated rings. The highest BCUT2D eigenvalue weighted by molar-refractivity contribution is 5.92. The Kier molecular flexibility index (Phi) is 4.22. The van der Waals surface area contributed by atoms with E-state index >= 15 is 0 Å². The van der Waals surface area contributed by atoms with Gasteiger partial charge in [0.15, 0.2) is 0 Å². The first-order valence-electron chi connectivity index (χ1n) is 6.00. The van der Waals surface area contributed by atoms with Crippen LogP contribution in [-0.2, 0) is 4.74 Å². The summed E-state index contributed by atoms with van der Waals surface area (Å²) in [5.74, 6) is -0.316. The SMILES string of the molecule is CO[C@@H]1CCC[C@@H](NC(=O)c2cnccn2)[C@H]1O. The molecule has 1 aromatic heterocycles. The van der Waals surface area contributed by atoms with Gasteiger partial charge in [-0.1, -0.05) is 0 Å². The summed E-state index contributed by atoms with van der Waals surface area (Å²) in [5, 5.41) is 12.8. The third-order valence-electron chi connectivity index (χ3n) is 3.21. The molecule has 0 saturated heterocycles. The molecule has 0 aliphatic heterocycles. The van der Waals surface area contributed by atoms with Crippen molar-refractivity contribution >= 4 is 5.91 Å². The predicted octanol–water partition coefficient (Wildman–Crippen LogP) is 0.135. The Bertz CT molecular complexity index is 399. The van der Waals surface area contributed by atoms with Crippen molar-refractivity contribution in [1.82, 2.24) is 15.3 Å². The quantitative estimate of drug-likeness (QED) is 0.798. The molecule has 0 spiro atoms. The van der Waals surface area contributed by atoms with Crippen LogP contribution in [0.5, 0.6) is 0 Å². The van der Waals surface area contributed by atoms with E-state index in [-0.39, 0.29) is 23.7 Å². The number of nitrogens with one attached hydrogen (secondary N) is 1. The zero-order valence-corrected chi connectivity index (χ0v) is 10.2. The van der Waals surface area contributed by atoms with Crippen LogP contribution in [0.15, 0.2) is 18.6 Å². The van der Waals surface area contributed by atoms with Gasteiger partial charge >= 0.3 is 0 Å². The number of nitrogens with zero attached hydrogens (tertiary/aromatic N) is 2. The molecule has 18 heavy (non-hydrogen) atoms. The van der Waals surface area contributed by atoms with Gasteiger partial charge in [0.1, 0.15) is 11.8 Å². The van der Waals surface area contributed by atoms with Crippen LogP contribution in [0.2, 0.25) is 0 Å². The molecule has 1 aromatic rings. The van der Waals surface area contributed by atoms with Gasteiger partial charge in [-0.15, -0.1) is 0 Å². The van der Waals surface area contributed by atoms with Crippen LogP contribution >= 0.6 is 0 Å². The second kappa shape index (κ2) is 5.88. The number of carbonyl (C=O) groups excluding carboxylic acids is 1. The van der Waals surface area contributed by atoms with Crippen LogP contribution in [0.1, 0.15) is 29.8 Å². The van der Waals surface area contributed by atoms with E-state index in [1.54, 1.807) is 7.11 Å². The van der Waals surface area contributed by atoms with E-state index in [0.717, 1.165) is 19.3 Å². The van der Waals surface area contributed by atoms with E-state index < -0.39 is 6.10 Å². The zero-order chi connectivity index (χ0) is 13.0. The normalized spacial score (nSPS) is 27.8. The number of aromatic nitrogens is 2. The molecule has 6 heteroatoms. The van der Waals surface area contributed by atoms with Crippen molar-refractivity contribution in [3.8, 4) is 0 Å². The lowest BCUT2D eigenvalue weighted by molar-refractivity contribution is -0.0513. The molecule has 0 bridgehead atoms.